The van der Waals surface area contributed by atoms with Crippen LogP contribution in [0.25, 0.3) is 6.08 Å². The van der Waals surface area contributed by atoms with Crippen molar-refractivity contribution in [1.29, 1.82) is 0 Å². The van der Waals surface area contributed by atoms with Gasteiger partial charge in [-0.15, -0.1) is 0 Å². The number of amides is 1. The zero-order valence-electron chi connectivity index (χ0n) is 20.1. The number of thioether (sulfide) groups is 1. The van der Waals surface area contributed by atoms with E-state index in [-0.39, 0.29) is 35.3 Å². The minimum atomic E-state index is -0.321. The second-order valence-electron chi connectivity index (χ2n) is 9.16. The lowest BCUT2D eigenvalue weighted by Gasteiger charge is -2.29. The molecule has 2 aliphatic rings. The maximum atomic E-state index is 13.7. The highest BCUT2D eigenvalue weighted by Crippen LogP contribution is 2.44. The van der Waals surface area contributed by atoms with Gasteiger partial charge in [0.05, 0.1) is 17.5 Å². The molecular weight excluding hydrogens is 478 g/mol. The summed E-state index contributed by atoms with van der Waals surface area (Å²) >= 11 is 1.29. The van der Waals surface area contributed by atoms with E-state index in [1.807, 2.05) is 26.0 Å². The molecule has 1 aliphatic heterocycles. The minimum Gasteiger partial charge on any atom is -0.272 e. The first-order chi connectivity index (χ1) is 17.4. The smallest absolute Gasteiger partial charge is 0.253 e. The molecule has 0 spiro atoms. The van der Waals surface area contributed by atoms with Crippen LogP contribution in [-0.4, -0.2) is 32.3 Å². The molecule has 1 aromatic heterocycles. The number of carbonyl (C=O) groups is 1. The molecule has 0 bridgehead atoms. The van der Waals surface area contributed by atoms with E-state index >= 15 is 0 Å². The number of aryl methyl sites for hydroxylation is 2. The highest BCUT2D eigenvalue weighted by atomic mass is 32.2. The second-order valence-corrected chi connectivity index (χ2v) is 10.1. The molecule has 8 heteroatoms. The van der Waals surface area contributed by atoms with Gasteiger partial charge in [-0.2, -0.15) is 5.10 Å². The summed E-state index contributed by atoms with van der Waals surface area (Å²) in [5.74, 6) is -0.613. The van der Waals surface area contributed by atoms with Crippen LogP contribution < -0.4 is 0 Å². The molecule has 5 rings (SSSR count). The third-order valence-electron chi connectivity index (χ3n) is 6.47. The van der Waals surface area contributed by atoms with Crippen LogP contribution in [0.5, 0.6) is 0 Å². The maximum absolute atomic E-state index is 13.7. The molecule has 184 valence electrons. The third-order valence-corrected chi connectivity index (χ3v) is 7.30. The highest BCUT2D eigenvalue weighted by Gasteiger charge is 2.43. The van der Waals surface area contributed by atoms with Gasteiger partial charge in [0.2, 0.25) is 0 Å². The normalized spacial score (nSPS) is 20.4. The van der Waals surface area contributed by atoms with Gasteiger partial charge in [-0.25, -0.2) is 23.8 Å². The monoisotopic (exact) mass is 504 g/mol. The molecule has 5 nitrogen and oxygen atoms in total. The maximum Gasteiger partial charge on any atom is 0.253 e. The molecule has 2 atom stereocenters. The van der Waals surface area contributed by atoms with E-state index in [9.17, 15) is 13.6 Å². The second kappa shape index (κ2) is 10.3. The number of allylic oxidation sites excluding steroid dienone is 1. The first-order valence-corrected chi connectivity index (χ1v) is 12.9. The number of carbonyl (C=O) groups excluding carboxylic acids is 1. The average molecular weight is 505 g/mol. The fraction of sp³-hybridized carbons (Fsp3) is 0.286. The zero-order valence-corrected chi connectivity index (χ0v) is 20.9. The Hall–Kier alpha value is -3.39. The Kier molecular flexibility index (Phi) is 6.96. The van der Waals surface area contributed by atoms with Gasteiger partial charge >= 0.3 is 0 Å². The zero-order chi connectivity index (χ0) is 25.2. The van der Waals surface area contributed by atoms with Crippen molar-refractivity contribution in [3.8, 4) is 0 Å². The lowest BCUT2D eigenvalue weighted by Crippen LogP contribution is -2.32. The van der Waals surface area contributed by atoms with Crippen LogP contribution in [0.1, 0.15) is 47.8 Å². The predicted molar refractivity (Wildman–Crippen MR) is 137 cm³/mol. The Balaban J connectivity index is 1.46. The fourth-order valence-electron chi connectivity index (χ4n) is 4.91. The lowest BCUT2D eigenvalue weighted by atomic mass is 9.77. The van der Waals surface area contributed by atoms with Crippen molar-refractivity contribution < 1.29 is 13.6 Å². The minimum absolute atomic E-state index is 0.00215. The van der Waals surface area contributed by atoms with Crippen LogP contribution >= 0.6 is 11.8 Å². The first kappa shape index (κ1) is 24.3. The van der Waals surface area contributed by atoms with Gasteiger partial charge < -0.3 is 0 Å². The Bertz CT molecular complexity index is 1320. The van der Waals surface area contributed by atoms with Crippen molar-refractivity contribution >= 4 is 29.5 Å². The van der Waals surface area contributed by atoms with E-state index in [0.717, 1.165) is 53.1 Å². The molecule has 0 saturated heterocycles. The molecule has 1 saturated carbocycles. The molecular formula is C28H26F2N4OS. The van der Waals surface area contributed by atoms with Crippen molar-refractivity contribution in [3.63, 3.8) is 0 Å². The van der Waals surface area contributed by atoms with E-state index in [4.69, 9.17) is 5.10 Å². The summed E-state index contributed by atoms with van der Waals surface area (Å²) < 4.78 is 27.1. The number of fused-ring (bicyclic) bond motifs is 1. The number of hydrazone groups is 1. The Labute approximate surface area is 213 Å². The standard InChI is InChI=1S/C28H26F2N4OS/c1-17-14-18(2)32-28(31-17)36-16-25(35)34-27(20-8-12-23(30)13-9-20)24-5-3-4-21(26(24)33-34)15-19-6-10-22(29)11-7-19/h6-15,24,27H,3-5,16H2,1-2H3. The van der Waals surface area contributed by atoms with Crippen molar-refractivity contribution in [2.45, 2.75) is 44.3 Å². The van der Waals surface area contributed by atoms with Crippen molar-refractivity contribution in [2.24, 2.45) is 11.0 Å². The average Bonchev–Trinajstić information content (AvgIpc) is 3.25. The van der Waals surface area contributed by atoms with Gasteiger partial charge in [0.1, 0.15) is 11.6 Å². The molecule has 0 N–H and O–H groups in total. The molecule has 1 aliphatic carbocycles. The molecule has 2 heterocycles. The summed E-state index contributed by atoms with van der Waals surface area (Å²) in [5, 5.41) is 6.96. The van der Waals surface area contributed by atoms with Crippen LogP contribution in [0.15, 0.2) is 70.4 Å². The van der Waals surface area contributed by atoms with Gasteiger partial charge in [0.25, 0.3) is 5.91 Å². The van der Waals surface area contributed by atoms with Crippen molar-refractivity contribution in [1.82, 2.24) is 15.0 Å². The van der Waals surface area contributed by atoms with Crippen LogP contribution in [-0.2, 0) is 4.79 Å². The molecule has 36 heavy (non-hydrogen) atoms. The van der Waals surface area contributed by atoms with E-state index in [0.29, 0.717) is 5.16 Å². The van der Waals surface area contributed by atoms with Gasteiger partial charge in [0, 0.05) is 17.3 Å². The van der Waals surface area contributed by atoms with E-state index in [2.05, 4.69) is 9.97 Å². The molecule has 0 radical (unpaired) electrons. The van der Waals surface area contributed by atoms with Crippen LogP contribution in [0.2, 0.25) is 0 Å². The van der Waals surface area contributed by atoms with Crippen molar-refractivity contribution in [2.75, 3.05) is 5.75 Å². The Morgan fingerprint density at radius 1 is 1.03 bits per heavy atom. The largest absolute Gasteiger partial charge is 0.272 e. The SMILES string of the molecule is Cc1cc(C)nc(SCC(=O)N2N=C3C(=Cc4ccc(F)cc4)CCCC3C2c2ccc(F)cc2)n1. The number of hydrogen-bond donors (Lipinski definition) is 0. The highest BCUT2D eigenvalue weighted by molar-refractivity contribution is 7.99. The topological polar surface area (TPSA) is 58.5 Å². The third kappa shape index (κ3) is 5.23. The summed E-state index contributed by atoms with van der Waals surface area (Å²) in [6.07, 6.45) is 4.68. The number of aromatic nitrogens is 2. The van der Waals surface area contributed by atoms with Gasteiger partial charge in [0.15, 0.2) is 5.16 Å². The fourth-order valence-corrected chi connectivity index (χ4v) is 5.71. The van der Waals surface area contributed by atoms with Gasteiger partial charge in [-0.3, -0.25) is 4.79 Å². The summed E-state index contributed by atoms with van der Waals surface area (Å²) in [5.41, 5.74) is 5.37. The summed E-state index contributed by atoms with van der Waals surface area (Å²) in [7, 11) is 0. The Morgan fingerprint density at radius 2 is 1.67 bits per heavy atom. The number of halogens is 2. The summed E-state index contributed by atoms with van der Waals surface area (Å²) in [6, 6.07) is 14.2. The number of rotatable bonds is 5. The Morgan fingerprint density at radius 3 is 2.33 bits per heavy atom. The van der Waals surface area contributed by atoms with Crippen molar-refractivity contribution in [3.05, 3.63) is 94.3 Å². The molecule has 1 fully saturated rings. The first-order valence-electron chi connectivity index (χ1n) is 11.9. The van der Waals surface area contributed by atoms with Crippen LogP contribution in [0.4, 0.5) is 8.78 Å². The molecule has 2 aromatic carbocycles. The van der Waals surface area contributed by atoms with E-state index in [1.54, 1.807) is 29.3 Å². The summed E-state index contributed by atoms with van der Waals surface area (Å²) in [6.45, 7) is 3.80. The van der Waals surface area contributed by atoms with Crippen LogP contribution in [0, 0.1) is 31.4 Å². The van der Waals surface area contributed by atoms with Gasteiger partial charge in [-0.1, -0.05) is 36.0 Å². The molecule has 2 unspecified atom stereocenters. The number of nitrogens with zero attached hydrogens (tertiary/aromatic N) is 4. The molecule has 1 amide bonds. The number of hydrogen-bond acceptors (Lipinski definition) is 5. The van der Waals surface area contributed by atoms with Gasteiger partial charge in [-0.05, 0) is 86.2 Å². The predicted octanol–water partition coefficient (Wildman–Crippen LogP) is 6.29. The van der Waals surface area contributed by atoms with E-state index < -0.39 is 0 Å². The van der Waals surface area contributed by atoms with E-state index in [1.165, 1.54) is 36.0 Å². The summed E-state index contributed by atoms with van der Waals surface area (Å²) in [4.78, 5) is 22.3. The lowest BCUT2D eigenvalue weighted by molar-refractivity contribution is -0.130. The number of benzene rings is 2. The molecule has 3 aromatic rings. The quantitative estimate of drug-likeness (QED) is 0.303. The van der Waals surface area contributed by atoms with Crippen LogP contribution in [0.3, 0.4) is 0 Å².